The molecule has 0 radical (unpaired) electrons. The fourth-order valence-corrected chi connectivity index (χ4v) is 1.62. The van der Waals surface area contributed by atoms with E-state index >= 15 is 0 Å². The van der Waals surface area contributed by atoms with Gasteiger partial charge in [0.1, 0.15) is 5.82 Å². The predicted molar refractivity (Wildman–Crippen MR) is 60.6 cm³/mol. The molecule has 2 rings (SSSR count). The average molecular weight is 218 g/mol. The van der Waals surface area contributed by atoms with Gasteiger partial charge in [0.15, 0.2) is 0 Å². The first-order valence-electron chi connectivity index (χ1n) is 5.29. The Balaban J connectivity index is 2.55. The number of aromatic nitrogens is 4. The van der Waals surface area contributed by atoms with Crippen LogP contribution in [-0.2, 0) is 6.54 Å². The third-order valence-corrected chi connectivity index (χ3v) is 2.41. The molecule has 0 aliphatic carbocycles. The number of hydrogen-bond donors (Lipinski definition) is 0. The van der Waals surface area contributed by atoms with Crippen molar-refractivity contribution in [1.29, 1.82) is 0 Å². The standard InChI is InChI=1S/C11H14N4O/c1-3-6-14-7-4-13-10(11(14)16)15-8-5-12-9(15)2/h4-5,7-8H,3,6H2,1-2H3. The molecule has 0 saturated heterocycles. The summed E-state index contributed by atoms with van der Waals surface area (Å²) in [6.07, 6.45) is 7.68. The number of nitrogens with zero attached hydrogens (tertiary/aromatic N) is 4. The van der Waals surface area contributed by atoms with Crippen LogP contribution in [0.2, 0.25) is 0 Å². The van der Waals surface area contributed by atoms with E-state index in [1.165, 1.54) is 0 Å². The van der Waals surface area contributed by atoms with Crippen molar-refractivity contribution in [2.75, 3.05) is 0 Å². The Labute approximate surface area is 93.4 Å². The molecule has 2 heterocycles. The predicted octanol–water partition coefficient (Wildman–Crippen LogP) is 1.15. The maximum atomic E-state index is 12.1. The first kappa shape index (κ1) is 10.6. The molecule has 2 aromatic heterocycles. The Hall–Kier alpha value is -1.91. The van der Waals surface area contributed by atoms with Gasteiger partial charge < -0.3 is 4.57 Å². The second kappa shape index (κ2) is 4.30. The van der Waals surface area contributed by atoms with E-state index in [4.69, 9.17) is 0 Å². The van der Waals surface area contributed by atoms with Crippen molar-refractivity contribution in [1.82, 2.24) is 19.1 Å². The molecule has 5 heteroatoms. The van der Waals surface area contributed by atoms with E-state index in [1.54, 1.807) is 33.9 Å². The van der Waals surface area contributed by atoms with Crippen LogP contribution in [0.3, 0.4) is 0 Å². The third kappa shape index (κ3) is 1.76. The quantitative estimate of drug-likeness (QED) is 0.776. The van der Waals surface area contributed by atoms with Crippen molar-refractivity contribution >= 4 is 0 Å². The van der Waals surface area contributed by atoms with Crippen LogP contribution in [0.5, 0.6) is 0 Å². The lowest BCUT2D eigenvalue weighted by Crippen LogP contribution is -2.25. The van der Waals surface area contributed by atoms with Gasteiger partial charge in [0.05, 0.1) is 0 Å². The zero-order valence-electron chi connectivity index (χ0n) is 9.42. The van der Waals surface area contributed by atoms with E-state index < -0.39 is 0 Å². The van der Waals surface area contributed by atoms with Crippen LogP contribution in [0, 0.1) is 6.92 Å². The van der Waals surface area contributed by atoms with Crippen LogP contribution >= 0.6 is 0 Å². The van der Waals surface area contributed by atoms with Crippen LogP contribution in [0.1, 0.15) is 19.2 Å². The van der Waals surface area contributed by atoms with Gasteiger partial charge in [-0.25, -0.2) is 9.97 Å². The molecular weight excluding hydrogens is 204 g/mol. The fraction of sp³-hybridized carbons (Fsp3) is 0.364. The van der Waals surface area contributed by atoms with Crippen molar-refractivity contribution < 1.29 is 0 Å². The summed E-state index contributed by atoms with van der Waals surface area (Å²) >= 11 is 0. The minimum absolute atomic E-state index is 0.0783. The highest BCUT2D eigenvalue weighted by Gasteiger charge is 2.08. The molecule has 0 N–H and O–H groups in total. The minimum Gasteiger partial charge on any atom is -0.311 e. The van der Waals surface area contributed by atoms with Crippen molar-refractivity contribution in [2.24, 2.45) is 0 Å². The molecule has 0 aromatic carbocycles. The van der Waals surface area contributed by atoms with E-state index in [0.717, 1.165) is 12.2 Å². The van der Waals surface area contributed by atoms with Crippen molar-refractivity contribution in [3.63, 3.8) is 0 Å². The lowest BCUT2D eigenvalue weighted by Gasteiger charge is -2.07. The summed E-state index contributed by atoms with van der Waals surface area (Å²) in [5.41, 5.74) is -0.0783. The summed E-state index contributed by atoms with van der Waals surface area (Å²) in [5, 5.41) is 0. The summed E-state index contributed by atoms with van der Waals surface area (Å²) in [5.74, 6) is 1.17. The third-order valence-electron chi connectivity index (χ3n) is 2.41. The highest BCUT2D eigenvalue weighted by molar-refractivity contribution is 5.20. The molecule has 0 aliphatic rings. The smallest absolute Gasteiger partial charge is 0.294 e. The van der Waals surface area contributed by atoms with Crippen molar-refractivity contribution in [3.05, 3.63) is 41.0 Å². The first-order valence-corrected chi connectivity index (χ1v) is 5.29. The molecule has 0 atom stereocenters. The fourth-order valence-electron chi connectivity index (χ4n) is 1.62. The highest BCUT2D eigenvalue weighted by atomic mass is 16.1. The summed E-state index contributed by atoms with van der Waals surface area (Å²) in [6, 6.07) is 0. The SMILES string of the molecule is CCCn1ccnc(-n2ccnc2C)c1=O. The number of rotatable bonds is 3. The highest BCUT2D eigenvalue weighted by Crippen LogP contribution is 2.01. The molecule has 0 spiro atoms. The van der Waals surface area contributed by atoms with E-state index in [-0.39, 0.29) is 5.56 Å². The summed E-state index contributed by atoms with van der Waals surface area (Å²) in [4.78, 5) is 20.3. The maximum absolute atomic E-state index is 12.1. The van der Waals surface area contributed by atoms with Gasteiger partial charge in [-0.1, -0.05) is 6.92 Å². The Morgan fingerprint density at radius 1 is 1.25 bits per heavy atom. The minimum atomic E-state index is -0.0783. The second-order valence-electron chi connectivity index (χ2n) is 3.59. The molecule has 16 heavy (non-hydrogen) atoms. The van der Waals surface area contributed by atoms with Gasteiger partial charge in [-0.2, -0.15) is 0 Å². The molecule has 84 valence electrons. The van der Waals surface area contributed by atoms with Crippen molar-refractivity contribution in [3.8, 4) is 5.82 Å². The van der Waals surface area contributed by atoms with Gasteiger partial charge in [-0.15, -0.1) is 0 Å². The monoisotopic (exact) mass is 218 g/mol. The van der Waals surface area contributed by atoms with Crippen LogP contribution in [-0.4, -0.2) is 19.1 Å². The van der Waals surface area contributed by atoms with E-state index in [1.807, 2.05) is 13.8 Å². The number of hydrogen-bond acceptors (Lipinski definition) is 3. The normalized spacial score (nSPS) is 10.6. The molecule has 0 bridgehead atoms. The Kier molecular flexibility index (Phi) is 2.85. The summed E-state index contributed by atoms with van der Waals surface area (Å²) in [6.45, 7) is 4.59. The van der Waals surface area contributed by atoms with Crippen LogP contribution in [0.4, 0.5) is 0 Å². The van der Waals surface area contributed by atoms with Gasteiger partial charge in [0, 0.05) is 31.3 Å². The largest absolute Gasteiger partial charge is 0.311 e. The lowest BCUT2D eigenvalue weighted by atomic mass is 10.4. The lowest BCUT2D eigenvalue weighted by molar-refractivity contribution is 0.641. The molecule has 2 aromatic rings. The Bertz CT molecular complexity index is 541. The molecule has 0 saturated carbocycles. The van der Waals surface area contributed by atoms with E-state index in [2.05, 4.69) is 9.97 Å². The maximum Gasteiger partial charge on any atom is 0.294 e. The number of aryl methyl sites for hydroxylation is 2. The average Bonchev–Trinajstić information content (AvgIpc) is 2.68. The summed E-state index contributed by atoms with van der Waals surface area (Å²) < 4.78 is 3.37. The molecule has 0 unspecified atom stereocenters. The molecule has 0 aliphatic heterocycles. The summed E-state index contributed by atoms with van der Waals surface area (Å²) in [7, 11) is 0. The van der Waals surface area contributed by atoms with Crippen LogP contribution in [0.25, 0.3) is 5.82 Å². The zero-order chi connectivity index (χ0) is 11.5. The number of imidazole rings is 1. The Morgan fingerprint density at radius 3 is 2.62 bits per heavy atom. The molecule has 0 amide bonds. The van der Waals surface area contributed by atoms with Crippen LogP contribution in [0.15, 0.2) is 29.6 Å². The van der Waals surface area contributed by atoms with Gasteiger partial charge in [0.25, 0.3) is 5.56 Å². The molecule has 5 nitrogen and oxygen atoms in total. The van der Waals surface area contributed by atoms with Gasteiger partial charge in [-0.05, 0) is 13.3 Å². The Morgan fingerprint density at radius 2 is 2.00 bits per heavy atom. The first-order chi connectivity index (χ1) is 7.74. The van der Waals surface area contributed by atoms with Gasteiger partial charge >= 0.3 is 0 Å². The molecular formula is C11H14N4O. The topological polar surface area (TPSA) is 52.7 Å². The molecule has 0 fully saturated rings. The van der Waals surface area contributed by atoms with Crippen molar-refractivity contribution in [2.45, 2.75) is 26.8 Å². The second-order valence-corrected chi connectivity index (χ2v) is 3.59. The zero-order valence-corrected chi connectivity index (χ0v) is 9.42. The van der Waals surface area contributed by atoms with E-state index in [0.29, 0.717) is 12.4 Å². The van der Waals surface area contributed by atoms with Gasteiger partial charge in [-0.3, -0.25) is 9.36 Å². The van der Waals surface area contributed by atoms with Crippen LogP contribution < -0.4 is 5.56 Å². The van der Waals surface area contributed by atoms with Gasteiger partial charge in [0.2, 0.25) is 5.82 Å². The van der Waals surface area contributed by atoms with E-state index in [9.17, 15) is 4.79 Å².